The van der Waals surface area contributed by atoms with E-state index in [1.807, 2.05) is 54.6 Å². The van der Waals surface area contributed by atoms with Gasteiger partial charge in [-0.05, 0) is 37.1 Å². The molecule has 0 bridgehead atoms. The van der Waals surface area contributed by atoms with Gasteiger partial charge in [-0.25, -0.2) is 4.98 Å². The van der Waals surface area contributed by atoms with Gasteiger partial charge < -0.3 is 19.3 Å². The fourth-order valence-corrected chi connectivity index (χ4v) is 4.52. The first-order chi connectivity index (χ1) is 16.7. The molecule has 34 heavy (non-hydrogen) atoms. The third-order valence-corrected chi connectivity index (χ3v) is 6.27. The summed E-state index contributed by atoms with van der Waals surface area (Å²) in [4.78, 5) is 38.9. The number of morpholine rings is 1. The summed E-state index contributed by atoms with van der Waals surface area (Å²) in [5.41, 5.74) is 2.39. The number of amides is 2. The second-order valence-corrected chi connectivity index (χ2v) is 8.70. The summed E-state index contributed by atoms with van der Waals surface area (Å²) in [6, 6.07) is 16.7. The summed E-state index contributed by atoms with van der Waals surface area (Å²) in [7, 11) is 0. The number of aromatic nitrogens is 2. The van der Waals surface area contributed by atoms with Crippen LogP contribution >= 0.6 is 0 Å². The van der Waals surface area contributed by atoms with Crippen molar-refractivity contribution in [3.63, 3.8) is 0 Å². The first-order valence-corrected chi connectivity index (χ1v) is 11.8. The van der Waals surface area contributed by atoms with E-state index in [9.17, 15) is 9.59 Å². The van der Waals surface area contributed by atoms with Gasteiger partial charge in [0, 0.05) is 38.3 Å². The van der Waals surface area contributed by atoms with Crippen molar-refractivity contribution in [2.24, 2.45) is 0 Å². The lowest BCUT2D eigenvalue weighted by atomic mass is 10.1. The second kappa shape index (κ2) is 10.3. The molecular weight excluding hydrogens is 432 g/mol. The molecule has 2 amide bonds. The van der Waals surface area contributed by atoms with Gasteiger partial charge in [0.15, 0.2) is 0 Å². The van der Waals surface area contributed by atoms with Gasteiger partial charge in [0.05, 0.1) is 36.0 Å². The first-order valence-electron chi connectivity index (χ1n) is 11.8. The quantitative estimate of drug-likeness (QED) is 0.563. The molecule has 2 fully saturated rings. The van der Waals surface area contributed by atoms with Crippen LogP contribution in [0.5, 0.6) is 0 Å². The van der Waals surface area contributed by atoms with E-state index in [0.717, 1.165) is 25.0 Å². The minimum absolute atomic E-state index is 0.0295. The van der Waals surface area contributed by atoms with E-state index in [2.05, 4.69) is 9.97 Å². The van der Waals surface area contributed by atoms with Crippen LogP contribution in [0.2, 0.25) is 0 Å². The van der Waals surface area contributed by atoms with E-state index >= 15 is 0 Å². The summed E-state index contributed by atoms with van der Waals surface area (Å²) in [6.07, 6.45) is 3.21. The van der Waals surface area contributed by atoms with Crippen molar-refractivity contribution in [2.45, 2.75) is 25.0 Å². The Balaban J connectivity index is 1.29. The van der Waals surface area contributed by atoms with Crippen molar-refractivity contribution in [3.05, 3.63) is 72.1 Å². The third kappa shape index (κ3) is 5.08. The zero-order valence-corrected chi connectivity index (χ0v) is 19.0. The smallest absolute Gasteiger partial charge is 0.274 e. The van der Waals surface area contributed by atoms with E-state index in [1.54, 1.807) is 9.80 Å². The number of ether oxygens (including phenoxy) is 2. The molecule has 0 N–H and O–H groups in total. The maximum absolute atomic E-state index is 13.3. The van der Waals surface area contributed by atoms with Crippen LogP contribution in [0.3, 0.4) is 0 Å². The molecule has 2 saturated heterocycles. The highest BCUT2D eigenvalue weighted by atomic mass is 16.5. The highest BCUT2D eigenvalue weighted by Gasteiger charge is 2.31. The van der Waals surface area contributed by atoms with Gasteiger partial charge in [-0.2, -0.15) is 0 Å². The molecule has 2 unspecified atom stereocenters. The van der Waals surface area contributed by atoms with Crippen molar-refractivity contribution in [2.75, 3.05) is 39.4 Å². The number of rotatable bonds is 6. The fourth-order valence-electron chi connectivity index (χ4n) is 4.52. The molecule has 0 spiro atoms. The number of fused-ring (bicyclic) bond motifs is 1. The number of para-hydroxylation sites is 2. The molecule has 2 aliphatic rings. The molecule has 8 heteroatoms. The zero-order valence-electron chi connectivity index (χ0n) is 19.0. The van der Waals surface area contributed by atoms with Crippen molar-refractivity contribution in [3.8, 4) is 0 Å². The number of nitrogens with zero attached hydrogens (tertiary/aromatic N) is 4. The van der Waals surface area contributed by atoms with E-state index in [1.165, 1.54) is 6.20 Å². The maximum atomic E-state index is 13.3. The average Bonchev–Trinajstić information content (AvgIpc) is 3.41. The molecule has 2 aliphatic heterocycles. The van der Waals surface area contributed by atoms with E-state index in [4.69, 9.17) is 9.47 Å². The van der Waals surface area contributed by atoms with Gasteiger partial charge in [-0.3, -0.25) is 14.6 Å². The van der Waals surface area contributed by atoms with Crippen molar-refractivity contribution < 1.29 is 19.1 Å². The Hall–Kier alpha value is -3.36. The van der Waals surface area contributed by atoms with Gasteiger partial charge in [0.2, 0.25) is 0 Å². The summed E-state index contributed by atoms with van der Waals surface area (Å²) < 4.78 is 11.8. The molecule has 3 heterocycles. The Morgan fingerprint density at radius 1 is 0.941 bits per heavy atom. The van der Waals surface area contributed by atoms with Gasteiger partial charge in [0.1, 0.15) is 5.69 Å². The Morgan fingerprint density at radius 2 is 1.68 bits per heavy atom. The van der Waals surface area contributed by atoms with Gasteiger partial charge >= 0.3 is 0 Å². The van der Waals surface area contributed by atoms with Crippen molar-refractivity contribution >= 4 is 22.8 Å². The molecule has 1 aromatic heterocycles. The molecule has 0 aliphatic carbocycles. The summed E-state index contributed by atoms with van der Waals surface area (Å²) in [6.45, 7) is 2.90. The standard InChI is InChI=1S/C26H28N4O4/c31-25(19-7-2-1-3-8-19)30(16-20-9-6-13-33-20)18-21-17-29(12-14-34-21)26(32)24-15-27-22-10-4-5-11-23(22)28-24/h1-5,7-8,10-11,15,20-21H,6,9,12-14,16-18H2. The lowest BCUT2D eigenvalue weighted by Crippen LogP contribution is -2.51. The minimum Gasteiger partial charge on any atom is -0.376 e. The summed E-state index contributed by atoms with van der Waals surface area (Å²) >= 11 is 0. The summed E-state index contributed by atoms with van der Waals surface area (Å²) in [5, 5.41) is 0. The molecule has 3 aromatic rings. The molecule has 2 aromatic carbocycles. The fraction of sp³-hybridized carbons (Fsp3) is 0.385. The van der Waals surface area contributed by atoms with Gasteiger partial charge in [-0.15, -0.1) is 0 Å². The predicted molar refractivity (Wildman–Crippen MR) is 127 cm³/mol. The summed E-state index contributed by atoms with van der Waals surface area (Å²) in [5.74, 6) is -0.227. The normalized spacial score (nSPS) is 20.4. The second-order valence-electron chi connectivity index (χ2n) is 8.70. The highest BCUT2D eigenvalue weighted by molar-refractivity contribution is 5.95. The number of benzene rings is 2. The largest absolute Gasteiger partial charge is 0.376 e. The minimum atomic E-state index is -0.291. The van der Waals surface area contributed by atoms with Crippen LogP contribution in [0, 0.1) is 0 Å². The maximum Gasteiger partial charge on any atom is 0.274 e. The van der Waals surface area contributed by atoms with Crippen molar-refractivity contribution in [1.29, 1.82) is 0 Å². The molecule has 5 rings (SSSR count). The number of carbonyl (C=O) groups is 2. The molecule has 0 saturated carbocycles. The lowest BCUT2D eigenvalue weighted by Gasteiger charge is -2.36. The Morgan fingerprint density at radius 3 is 2.47 bits per heavy atom. The van der Waals surface area contributed by atoms with Crippen molar-refractivity contribution in [1.82, 2.24) is 19.8 Å². The van der Waals surface area contributed by atoms with Crippen LogP contribution in [0.4, 0.5) is 0 Å². The molecule has 0 radical (unpaired) electrons. The Bertz CT molecular complexity index is 1150. The molecular formula is C26H28N4O4. The topological polar surface area (TPSA) is 84.9 Å². The lowest BCUT2D eigenvalue weighted by molar-refractivity contribution is -0.0376. The van der Waals surface area contributed by atoms with E-state index in [0.29, 0.717) is 49.6 Å². The number of carbonyl (C=O) groups excluding carboxylic acids is 2. The van der Waals surface area contributed by atoms with E-state index in [-0.39, 0.29) is 24.0 Å². The average molecular weight is 461 g/mol. The highest BCUT2D eigenvalue weighted by Crippen LogP contribution is 2.18. The van der Waals surface area contributed by atoms with Crippen LogP contribution in [0.1, 0.15) is 33.7 Å². The zero-order chi connectivity index (χ0) is 23.3. The first kappa shape index (κ1) is 22.4. The van der Waals surface area contributed by atoms with Crippen LogP contribution in [0.25, 0.3) is 11.0 Å². The SMILES string of the molecule is O=C(c1ccccc1)N(CC1CCCO1)CC1CN(C(=O)c2cnc3ccccc3n2)CCO1. The third-order valence-electron chi connectivity index (χ3n) is 6.27. The number of hydrogen-bond acceptors (Lipinski definition) is 6. The van der Waals surface area contributed by atoms with Crippen LogP contribution in [0.15, 0.2) is 60.8 Å². The monoisotopic (exact) mass is 460 g/mol. The predicted octanol–water partition coefficient (Wildman–Crippen LogP) is 2.79. The number of hydrogen-bond donors (Lipinski definition) is 0. The molecule has 176 valence electrons. The van der Waals surface area contributed by atoms with Crippen LogP contribution < -0.4 is 0 Å². The molecule has 8 nitrogen and oxygen atoms in total. The van der Waals surface area contributed by atoms with Crippen LogP contribution in [-0.2, 0) is 9.47 Å². The van der Waals surface area contributed by atoms with E-state index < -0.39 is 0 Å². The van der Waals surface area contributed by atoms with Crippen LogP contribution in [-0.4, -0.2) is 83.2 Å². The Kier molecular flexibility index (Phi) is 6.78. The Labute approximate surface area is 198 Å². The van der Waals surface area contributed by atoms with Gasteiger partial charge in [-0.1, -0.05) is 30.3 Å². The van der Waals surface area contributed by atoms with Gasteiger partial charge in [0.25, 0.3) is 11.8 Å². The molecule has 2 atom stereocenters.